The van der Waals surface area contributed by atoms with Gasteiger partial charge in [0.25, 0.3) is 0 Å². The standard InChI is InChI=1S/C8H16O2/c1-7(8(2,3)4)10-6-5-9/h9H,1,5-6H2,2-4H3. The monoisotopic (exact) mass is 144 g/mol. The third-order valence-corrected chi connectivity index (χ3v) is 1.20. The highest BCUT2D eigenvalue weighted by atomic mass is 16.5. The van der Waals surface area contributed by atoms with Gasteiger partial charge in [0, 0.05) is 5.41 Å². The summed E-state index contributed by atoms with van der Waals surface area (Å²) in [6, 6.07) is 0. The van der Waals surface area contributed by atoms with Crippen molar-refractivity contribution in [2.75, 3.05) is 13.2 Å². The number of aliphatic hydroxyl groups excluding tert-OH is 1. The van der Waals surface area contributed by atoms with Crippen LogP contribution < -0.4 is 0 Å². The van der Waals surface area contributed by atoms with Gasteiger partial charge in [0.05, 0.1) is 12.4 Å². The van der Waals surface area contributed by atoms with Crippen molar-refractivity contribution in [1.82, 2.24) is 0 Å². The van der Waals surface area contributed by atoms with Gasteiger partial charge in [-0.2, -0.15) is 0 Å². The highest BCUT2D eigenvalue weighted by molar-refractivity contribution is 4.95. The van der Waals surface area contributed by atoms with Crippen LogP contribution in [0.1, 0.15) is 20.8 Å². The minimum absolute atomic E-state index is 0.0187. The third kappa shape index (κ3) is 3.51. The lowest BCUT2D eigenvalue weighted by atomic mass is 9.95. The van der Waals surface area contributed by atoms with E-state index in [4.69, 9.17) is 9.84 Å². The summed E-state index contributed by atoms with van der Waals surface area (Å²) in [6.45, 7) is 10.2. The molecule has 2 nitrogen and oxygen atoms in total. The molecule has 0 saturated heterocycles. The fourth-order valence-corrected chi connectivity index (χ4v) is 0.385. The predicted molar refractivity (Wildman–Crippen MR) is 41.6 cm³/mol. The Morgan fingerprint density at radius 2 is 2.00 bits per heavy atom. The van der Waals surface area contributed by atoms with Gasteiger partial charge in [-0.25, -0.2) is 0 Å². The molecule has 0 fully saturated rings. The van der Waals surface area contributed by atoms with Crippen LogP contribution in [0.4, 0.5) is 0 Å². The van der Waals surface area contributed by atoms with Gasteiger partial charge in [-0.3, -0.25) is 0 Å². The third-order valence-electron chi connectivity index (χ3n) is 1.20. The molecule has 0 spiro atoms. The number of rotatable bonds is 3. The second-order valence-corrected chi connectivity index (χ2v) is 3.25. The molecule has 10 heavy (non-hydrogen) atoms. The summed E-state index contributed by atoms with van der Waals surface area (Å²) in [5, 5.41) is 8.41. The molecule has 0 amide bonds. The largest absolute Gasteiger partial charge is 0.496 e. The van der Waals surface area contributed by atoms with Crippen LogP contribution in [0.5, 0.6) is 0 Å². The maximum Gasteiger partial charge on any atom is 0.111 e. The highest BCUT2D eigenvalue weighted by Crippen LogP contribution is 2.23. The van der Waals surface area contributed by atoms with Crippen molar-refractivity contribution < 1.29 is 9.84 Å². The van der Waals surface area contributed by atoms with Crippen LogP contribution in [0, 0.1) is 5.41 Å². The summed E-state index contributed by atoms with van der Waals surface area (Å²) in [4.78, 5) is 0. The molecule has 0 radical (unpaired) electrons. The molecule has 1 N–H and O–H groups in total. The number of hydrogen-bond donors (Lipinski definition) is 1. The van der Waals surface area contributed by atoms with E-state index in [1.54, 1.807) is 0 Å². The Bertz CT molecular complexity index is 111. The Morgan fingerprint density at radius 1 is 1.50 bits per heavy atom. The molecule has 0 aliphatic rings. The summed E-state index contributed by atoms with van der Waals surface area (Å²) >= 11 is 0. The molecule has 60 valence electrons. The second kappa shape index (κ2) is 3.62. The molecule has 0 unspecified atom stereocenters. The lowest BCUT2D eigenvalue weighted by Crippen LogP contribution is -2.12. The predicted octanol–water partition coefficient (Wildman–Crippen LogP) is 1.56. The van der Waals surface area contributed by atoms with E-state index in [0.29, 0.717) is 6.61 Å². The lowest BCUT2D eigenvalue weighted by molar-refractivity contribution is 0.111. The van der Waals surface area contributed by atoms with Gasteiger partial charge in [0.15, 0.2) is 0 Å². The molecule has 0 bridgehead atoms. The normalized spacial score (nSPS) is 11.2. The van der Waals surface area contributed by atoms with Gasteiger partial charge in [-0.15, -0.1) is 0 Å². The zero-order valence-electron chi connectivity index (χ0n) is 6.98. The minimum atomic E-state index is -0.0187. The Hall–Kier alpha value is -0.500. The molecule has 0 aliphatic carbocycles. The molecular weight excluding hydrogens is 128 g/mol. The van der Waals surface area contributed by atoms with Gasteiger partial charge >= 0.3 is 0 Å². The van der Waals surface area contributed by atoms with Crippen LogP contribution in [0.25, 0.3) is 0 Å². The fourth-order valence-electron chi connectivity index (χ4n) is 0.385. The van der Waals surface area contributed by atoms with E-state index in [9.17, 15) is 0 Å². The van der Waals surface area contributed by atoms with Gasteiger partial charge < -0.3 is 9.84 Å². The topological polar surface area (TPSA) is 29.5 Å². The first-order chi connectivity index (χ1) is 4.48. The molecule has 0 heterocycles. The zero-order valence-corrected chi connectivity index (χ0v) is 6.98. The Labute approximate surface area is 62.5 Å². The van der Waals surface area contributed by atoms with Crippen LogP contribution >= 0.6 is 0 Å². The van der Waals surface area contributed by atoms with Crippen LogP contribution in [0.15, 0.2) is 12.3 Å². The minimum Gasteiger partial charge on any atom is -0.496 e. The second-order valence-electron chi connectivity index (χ2n) is 3.25. The number of allylic oxidation sites excluding steroid dienone is 1. The van der Waals surface area contributed by atoms with E-state index in [1.807, 2.05) is 20.8 Å². The average Bonchev–Trinajstić information content (AvgIpc) is 1.80. The highest BCUT2D eigenvalue weighted by Gasteiger charge is 2.15. The first-order valence-corrected chi connectivity index (χ1v) is 3.41. The van der Waals surface area contributed by atoms with Crippen molar-refractivity contribution >= 4 is 0 Å². The summed E-state index contributed by atoms with van der Waals surface area (Å²) in [5.41, 5.74) is -0.0187. The Kier molecular flexibility index (Phi) is 3.43. The summed E-state index contributed by atoms with van der Waals surface area (Å²) in [7, 11) is 0. The van der Waals surface area contributed by atoms with E-state index in [1.165, 1.54) is 0 Å². The van der Waals surface area contributed by atoms with Crippen LogP contribution in [0.3, 0.4) is 0 Å². The summed E-state index contributed by atoms with van der Waals surface area (Å²) in [5.74, 6) is 0.724. The van der Waals surface area contributed by atoms with E-state index in [0.717, 1.165) is 5.76 Å². The quantitative estimate of drug-likeness (QED) is 0.609. The number of aliphatic hydroxyl groups is 1. The van der Waals surface area contributed by atoms with Crippen LogP contribution in [0.2, 0.25) is 0 Å². The number of hydrogen-bond acceptors (Lipinski definition) is 2. The molecule has 0 aromatic heterocycles. The summed E-state index contributed by atoms with van der Waals surface area (Å²) in [6.07, 6.45) is 0. The molecule has 2 heteroatoms. The van der Waals surface area contributed by atoms with E-state index in [-0.39, 0.29) is 12.0 Å². The molecule has 0 saturated carbocycles. The van der Waals surface area contributed by atoms with Crippen molar-refractivity contribution in [2.45, 2.75) is 20.8 Å². The fraction of sp³-hybridized carbons (Fsp3) is 0.750. The summed E-state index contributed by atoms with van der Waals surface area (Å²) < 4.78 is 5.11. The Morgan fingerprint density at radius 3 is 2.30 bits per heavy atom. The van der Waals surface area contributed by atoms with Gasteiger partial charge in [-0.1, -0.05) is 27.4 Å². The molecule has 0 atom stereocenters. The van der Waals surface area contributed by atoms with Crippen molar-refractivity contribution in [3.63, 3.8) is 0 Å². The molecule has 0 aromatic rings. The van der Waals surface area contributed by atoms with Gasteiger partial charge in [-0.05, 0) is 0 Å². The Balaban J connectivity index is 3.64. The van der Waals surface area contributed by atoms with Crippen LogP contribution in [-0.4, -0.2) is 18.3 Å². The maximum atomic E-state index is 8.41. The first kappa shape index (κ1) is 9.50. The van der Waals surface area contributed by atoms with Crippen molar-refractivity contribution in [2.24, 2.45) is 5.41 Å². The smallest absolute Gasteiger partial charge is 0.111 e. The average molecular weight is 144 g/mol. The van der Waals surface area contributed by atoms with Gasteiger partial charge in [0.1, 0.15) is 6.61 Å². The maximum absolute atomic E-state index is 8.41. The zero-order chi connectivity index (χ0) is 8.20. The first-order valence-electron chi connectivity index (χ1n) is 3.41. The number of ether oxygens (including phenoxy) is 1. The van der Waals surface area contributed by atoms with Crippen molar-refractivity contribution in [3.05, 3.63) is 12.3 Å². The lowest BCUT2D eigenvalue weighted by Gasteiger charge is -2.21. The SMILES string of the molecule is C=C(OCCO)C(C)(C)C. The van der Waals surface area contributed by atoms with Crippen LogP contribution in [-0.2, 0) is 4.74 Å². The molecule has 0 aliphatic heterocycles. The van der Waals surface area contributed by atoms with Crippen molar-refractivity contribution in [3.8, 4) is 0 Å². The van der Waals surface area contributed by atoms with Crippen molar-refractivity contribution in [1.29, 1.82) is 0 Å². The van der Waals surface area contributed by atoms with Gasteiger partial charge in [0.2, 0.25) is 0 Å². The van der Waals surface area contributed by atoms with E-state index in [2.05, 4.69) is 6.58 Å². The molecule has 0 aromatic carbocycles. The molecule has 0 rings (SSSR count). The van der Waals surface area contributed by atoms with E-state index < -0.39 is 0 Å². The van der Waals surface area contributed by atoms with E-state index >= 15 is 0 Å². The molecular formula is C8H16O2.